The van der Waals surface area contributed by atoms with Gasteiger partial charge in [-0.15, -0.1) is 23.2 Å². The summed E-state index contributed by atoms with van der Waals surface area (Å²) >= 11 is 24.4. The molecule has 2 aromatic rings. The largest absolute Gasteiger partial charge is 0.326 e. The van der Waals surface area contributed by atoms with Crippen molar-refractivity contribution in [1.82, 2.24) is 0 Å². The number of amides is 1. The molecule has 1 amide bonds. The van der Waals surface area contributed by atoms with Crippen molar-refractivity contribution in [2.75, 3.05) is 5.32 Å². The lowest BCUT2D eigenvalue weighted by molar-refractivity contribution is -0.117. The van der Waals surface area contributed by atoms with Gasteiger partial charge in [0.25, 0.3) is 0 Å². The highest BCUT2D eigenvalue weighted by Crippen LogP contribution is 2.65. The molecule has 0 aliphatic heterocycles. The Kier molecular flexibility index (Phi) is 4.30. The van der Waals surface area contributed by atoms with Crippen LogP contribution in [0, 0.1) is 5.92 Å². The van der Waals surface area contributed by atoms with Crippen molar-refractivity contribution in [2.24, 2.45) is 5.92 Å². The summed E-state index contributed by atoms with van der Waals surface area (Å²) in [6.45, 7) is 0. The first kappa shape index (κ1) is 15.9. The fourth-order valence-electron chi connectivity index (χ4n) is 2.52. The van der Waals surface area contributed by atoms with Crippen molar-refractivity contribution in [3.63, 3.8) is 0 Å². The summed E-state index contributed by atoms with van der Waals surface area (Å²) in [5, 5.41) is 3.58. The van der Waals surface area contributed by atoms with Gasteiger partial charge in [-0.2, -0.15) is 0 Å². The van der Waals surface area contributed by atoms with E-state index < -0.39 is 10.3 Å². The molecule has 0 saturated heterocycles. The monoisotopic (exact) mass is 373 g/mol. The van der Waals surface area contributed by atoms with Gasteiger partial charge in [-0.05, 0) is 23.8 Å². The zero-order chi connectivity index (χ0) is 15.9. The third kappa shape index (κ3) is 2.93. The lowest BCUT2D eigenvalue weighted by atomic mass is 10.1. The van der Waals surface area contributed by atoms with Crippen molar-refractivity contribution in [3.8, 4) is 0 Å². The molecule has 6 heteroatoms. The van der Waals surface area contributed by atoms with Crippen molar-refractivity contribution < 1.29 is 4.79 Å². The second-order valence-corrected chi connectivity index (χ2v) is 7.42. The first-order valence-electron chi connectivity index (χ1n) is 6.60. The molecule has 0 spiro atoms. The molecule has 0 aromatic heterocycles. The van der Waals surface area contributed by atoms with Crippen molar-refractivity contribution in [1.29, 1.82) is 0 Å². The molecule has 0 heterocycles. The molecular formula is C16H11Cl4NO. The molecule has 0 bridgehead atoms. The number of carbonyl (C=O) groups is 1. The number of anilines is 1. The molecular weight excluding hydrogens is 364 g/mol. The molecule has 2 unspecified atom stereocenters. The minimum atomic E-state index is -1.10. The van der Waals surface area contributed by atoms with E-state index in [1.54, 1.807) is 18.2 Å². The van der Waals surface area contributed by atoms with E-state index in [4.69, 9.17) is 46.4 Å². The molecule has 1 aliphatic rings. The molecule has 2 atom stereocenters. The number of rotatable bonds is 3. The van der Waals surface area contributed by atoms with Crippen LogP contribution in [0.4, 0.5) is 5.69 Å². The van der Waals surface area contributed by atoms with Crippen LogP contribution in [-0.4, -0.2) is 10.2 Å². The first-order valence-corrected chi connectivity index (χ1v) is 8.11. The highest BCUT2D eigenvalue weighted by molar-refractivity contribution is 6.53. The predicted octanol–water partition coefficient (Wildman–Crippen LogP) is 5.52. The normalized spacial score (nSPS) is 22.2. The van der Waals surface area contributed by atoms with Gasteiger partial charge in [0.05, 0.1) is 16.0 Å². The molecule has 1 N–H and O–H groups in total. The summed E-state index contributed by atoms with van der Waals surface area (Å²) in [5.74, 6) is -0.968. The molecule has 3 rings (SSSR count). The highest BCUT2D eigenvalue weighted by Gasteiger charge is 2.67. The Morgan fingerprint density at radius 1 is 1.00 bits per heavy atom. The van der Waals surface area contributed by atoms with Gasteiger partial charge in [-0.3, -0.25) is 4.79 Å². The SMILES string of the molecule is O=C(Nc1ccc(Cl)c(Cl)c1)C1C(c2ccccc2)C1(Cl)Cl. The maximum Gasteiger partial charge on any atom is 0.231 e. The van der Waals surface area contributed by atoms with Crippen LogP contribution in [0.25, 0.3) is 0 Å². The molecule has 22 heavy (non-hydrogen) atoms. The number of hydrogen-bond donors (Lipinski definition) is 1. The van der Waals surface area contributed by atoms with Gasteiger partial charge in [0.2, 0.25) is 5.91 Å². The molecule has 1 aliphatic carbocycles. The van der Waals surface area contributed by atoms with Crippen LogP contribution < -0.4 is 5.32 Å². The van der Waals surface area contributed by atoms with Crippen LogP contribution in [0.15, 0.2) is 48.5 Å². The maximum absolute atomic E-state index is 12.4. The number of hydrogen-bond acceptors (Lipinski definition) is 1. The van der Waals surface area contributed by atoms with Crippen molar-refractivity contribution in [2.45, 2.75) is 10.3 Å². The summed E-state index contributed by atoms with van der Waals surface area (Å²) in [4.78, 5) is 12.4. The Labute approximate surface area is 148 Å². The van der Waals surface area contributed by atoms with Crippen LogP contribution in [0.5, 0.6) is 0 Å². The first-order chi connectivity index (χ1) is 10.4. The van der Waals surface area contributed by atoms with Crippen molar-refractivity contribution >= 4 is 58.0 Å². The quantitative estimate of drug-likeness (QED) is 0.704. The third-order valence-electron chi connectivity index (χ3n) is 3.68. The summed E-state index contributed by atoms with van der Waals surface area (Å²) in [7, 11) is 0. The molecule has 1 saturated carbocycles. The topological polar surface area (TPSA) is 29.1 Å². The van der Waals surface area contributed by atoms with Crippen LogP contribution >= 0.6 is 46.4 Å². The van der Waals surface area contributed by atoms with Gasteiger partial charge in [-0.25, -0.2) is 0 Å². The van der Waals surface area contributed by atoms with Gasteiger partial charge < -0.3 is 5.32 Å². The summed E-state index contributed by atoms with van der Waals surface area (Å²) in [6, 6.07) is 14.4. The smallest absolute Gasteiger partial charge is 0.231 e. The van der Waals surface area contributed by atoms with E-state index in [1.165, 1.54) is 0 Å². The predicted molar refractivity (Wildman–Crippen MR) is 92.2 cm³/mol. The van der Waals surface area contributed by atoms with E-state index >= 15 is 0 Å². The Bertz CT molecular complexity index is 717. The van der Waals surface area contributed by atoms with Crippen LogP contribution in [0.2, 0.25) is 10.0 Å². The van der Waals surface area contributed by atoms with E-state index in [0.29, 0.717) is 15.7 Å². The Hall–Kier alpha value is -0.930. The Morgan fingerprint density at radius 2 is 1.68 bits per heavy atom. The molecule has 2 nitrogen and oxygen atoms in total. The zero-order valence-corrected chi connectivity index (χ0v) is 14.2. The minimum absolute atomic E-state index is 0.222. The summed E-state index contributed by atoms with van der Waals surface area (Å²) < 4.78 is -1.10. The van der Waals surface area contributed by atoms with Gasteiger partial charge in [0.15, 0.2) is 0 Å². The van der Waals surface area contributed by atoms with Crippen molar-refractivity contribution in [3.05, 3.63) is 64.1 Å². The van der Waals surface area contributed by atoms with E-state index in [-0.39, 0.29) is 11.8 Å². The number of benzene rings is 2. The maximum atomic E-state index is 12.4. The third-order valence-corrected chi connectivity index (χ3v) is 5.36. The zero-order valence-electron chi connectivity index (χ0n) is 11.2. The van der Waals surface area contributed by atoms with Gasteiger partial charge in [-0.1, -0.05) is 53.5 Å². The van der Waals surface area contributed by atoms with Crippen LogP contribution in [0.3, 0.4) is 0 Å². The number of alkyl halides is 2. The van der Waals surface area contributed by atoms with Gasteiger partial charge in [0.1, 0.15) is 4.33 Å². The van der Waals surface area contributed by atoms with Crippen LogP contribution in [-0.2, 0) is 4.79 Å². The second kappa shape index (κ2) is 5.93. The average molecular weight is 375 g/mol. The van der Waals surface area contributed by atoms with Gasteiger partial charge >= 0.3 is 0 Å². The summed E-state index contributed by atoms with van der Waals surface area (Å²) in [5.41, 5.74) is 1.50. The fourth-order valence-corrected chi connectivity index (χ4v) is 3.65. The molecule has 114 valence electrons. The van der Waals surface area contributed by atoms with E-state index in [1.807, 2.05) is 30.3 Å². The van der Waals surface area contributed by atoms with E-state index in [2.05, 4.69) is 5.32 Å². The number of halogens is 4. The number of nitrogens with one attached hydrogen (secondary N) is 1. The van der Waals surface area contributed by atoms with Gasteiger partial charge in [0, 0.05) is 11.6 Å². The summed E-state index contributed by atoms with van der Waals surface area (Å²) in [6.07, 6.45) is 0. The molecule has 1 fully saturated rings. The lowest BCUT2D eigenvalue weighted by Crippen LogP contribution is -2.17. The lowest BCUT2D eigenvalue weighted by Gasteiger charge is -2.06. The van der Waals surface area contributed by atoms with E-state index in [0.717, 1.165) is 5.56 Å². The van der Waals surface area contributed by atoms with Crippen LogP contribution in [0.1, 0.15) is 11.5 Å². The highest BCUT2D eigenvalue weighted by atomic mass is 35.5. The number of carbonyl (C=O) groups excluding carboxylic acids is 1. The average Bonchev–Trinajstić information content (AvgIpc) is 3.07. The Morgan fingerprint density at radius 3 is 2.32 bits per heavy atom. The fraction of sp³-hybridized carbons (Fsp3) is 0.188. The Balaban J connectivity index is 1.77. The minimum Gasteiger partial charge on any atom is -0.326 e. The second-order valence-electron chi connectivity index (χ2n) is 5.16. The standard InChI is InChI=1S/C16H11Cl4NO/c17-11-7-6-10(8-12(11)18)21-15(22)14-13(16(14,19)20)9-4-2-1-3-5-9/h1-8,13-14H,(H,21,22). The molecule has 2 aromatic carbocycles. The molecule has 0 radical (unpaired) electrons. The van der Waals surface area contributed by atoms with E-state index in [9.17, 15) is 4.79 Å².